The molecule has 32 heavy (non-hydrogen) atoms. The Morgan fingerprint density at radius 3 is 2.53 bits per heavy atom. The number of carbonyl (C=O) groups excluding carboxylic acids is 1. The maximum atomic E-state index is 11.3. The fourth-order valence-electron chi connectivity index (χ4n) is 8.92. The van der Waals surface area contributed by atoms with E-state index in [1.54, 1.807) is 5.57 Å². The van der Waals surface area contributed by atoms with Crippen LogP contribution in [0.5, 0.6) is 0 Å². The summed E-state index contributed by atoms with van der Waals surface area (Å²) in [5, 5.41) is 0. The van der Waals surface area contributed by atoms with Crippen LogP contribution in [0.3, 0.4) is 0 Å². The molecule has 0 radical (unpaired) electrons. The summed E-state index contributed by atoms with van der Waals surface area (Å²) < 4.78 is 5.39. The molecule has 2 N–H and O–H groups in total. The summed E-state index contributed by atoms with van der Waals surface area (Å²) in [6.45, 7) is 12.5. The monoisotopic (exact) mass is 465 g/mol. The largest absolute Gasteiger partial charge is 0.446 e. The van der Waals surface area contributed by atoms with Crippen LogP contribution in [0, 0.1) is 46.3 Å². The average Bonchev–Trinajstić information content (AvgIpc) is 3.05. The van der Waals surface area contributed by atoms with Crippen LogP contribution in [0.2, 0.25) is 0 Å². The maximum Gasteiger partial charge on any atom is 0.404 e. The zero-order valence-electron chi connectivity index (χ0n) is 21.2. The van der Waals surface area contributed by atoms with Crippen LogP contribution in [-0.4, -0.2) is 12.2 Å². The van der Waals surface area contributed by atoms with Gasteiger partial charge in [0.2, 0.25) is 0 Å². The van der Waals surface area contributed by atoms with Crippen LogP contribution in [0.25, 0.3) is 0 Å². The standard InChI is InChI=1S/C28H47NO2.ClH/c1-18(2)7-6-8-19(3)23-11-12-24-22-10-9-20-17-21(31-26(29)30)13-15-27(20,4)25(22)14-16-28(23,24)5;/h9,18-19,21-25H,6-8,10-17H2,1-5H3,(H2,29,30);1H/t19-,21+,22+,23-,24+,25+,27+,28-;/m1./s1. The molecule has 0 unspecified atom stereocenters. The number of hydrogen-bond donors (Lipinski definition) is 1. The van der Waals surface area contributed by atoms with Crippen molar-refractivity contribution in [1.82, 2.24) is 0 Å². The van der Waals surface area contributed by atoms with Crippen LogP contribution in [0.15, 0.2) is 11.6 Å². The summed E-state index contributed by atoms with van der Waals surface area (Å²) in [6.07, 6.45) is 16.1. The van der Waals surface area contributed by atoms with Crippen LogP contribution in [0.4, 0.5) is 4.79 Å². The molecule has 4 aliphatic rings. The Hall–Kier alpha value is -0.700. The summed E-state index contributed by atoms with van der Waals surface area (Å²) in [5.41, 5.74) is 7.72. The number of primary amides is 1. The first-order valence-corrected chi connectivity index (χ1v) is 13.3. The van der Waals surface area contributed by atoms with E-state index in [1.807, 2.05) is 0 Å². The minimum Gasteiger partial charge on any atom is -0.446 e. The molecular formula is C28H48ClNO2. The fourth-order valence-corrected chi connectivity index (χ4v) is 8.92. The van der Waals surface area contributed by atoms with Crippen molar-refractivity contribution in [1.29, 1.82) is 0 Å². The first kappa shape index (κ1) is 25.9. The lowest BCUT2D eigenvalue weighted by atomic mass is 9.47. The number of rotatable bonds is 6. The SMILES string of the molecule is CC(C)CCC[C@@H](C)[C@H]1CC[C@H]2[C@@H]3CC=C4C[C@@H](OC(N)=O)CC[C@]4(C)[C@H]3CC[C@]12C.Cl. The van der Waals surface area contributed by atoms with E-state index in [-0.39, 0.29) is 18.5 Å². The quantitative estimate of drug-likeness (QED) is 0.405. The lowest BCUT2D eigenvalue weighted by Crippen LogP contribution is -2.51. The molecule has 0 spiro atoms. The number of ether oxygens (including phenoxy) is 1. The molecule has 0 aromatic rings. The van der Waals surface area contributed by atoms with E-state index >= 15 is 0 Å². The number of allylic oxidation sites excluding steroid dienone is 1. The van der Waals surface area contributed by atoms with E-state index in [4.69, 9.17) is 10.5 Å². The van der Waals surface area contributed by atoms with Crippen LogP contribution in [-0.2, 0) is 4.74 Å². The van der Waals surface area contributed by atoms with Gasteiger partial charge in [0.25, 0.3) is 0 Å². The van der Waals surface area contributed by atoms with Crippen molar-refractivity contribution in [2.24, 2.45) is 52.1 Å². The van der Waals surface area contributed by atoms with Crippen molar-refractivity contribution < 1.29 is 9.53 Å². The first-order chi connectivity index (χ1) is 14.6. The van der Waals surface area contributed by atoms with Crippen LogP contribution < -0.4 is 5.73 Å². The van der Waals surface area contributed by atoms with Gasteiger partial charge in [-0.3, -0.25) is 0 Å². The zero-order chi connectivity index (χ0) is 22.4. The van der Waals surface area contributed by atoms with Crippen molar-refractivity contribution in [2.45, 2.75) is 111 Å². The minimum absolute atomic E-state index is 0. The highest BCUT2D eigenvalue weighted by Gasteiger charge is 2.59. The Morgan fingerprint density at radius 2 is 1.84 bits per heavy atom. The molecule has 1 amide bonds. The van der Waals surface area contributed by atoms with Crippen LogP contribution in [0.1, 0.15) is 105 Å². The van der Waals surface area contributed by atoms with E-state index in [0.29, 0.717) is 10.8 Å². The lowest BCUT2D eigenvalue weighted by molar-refractivity contribution is -0.0578. The van der Waals surface area contributed by atoms with Gasteiger partial charge in [-0.2, -0.15) is 0 Å². The number of halogens is 1. The molecule has 3 fully saturated rings. The number of hydrogen-bond acceptors (Lipinski definition) is 2. The zero-order valence-corrected chi connectivity index (χ0v) is 22.0. The molecule has 0 aromatic carbocycles. The predicted molar refractivity (Wildman–Crippen MR) is 135 cm³/mol. The average molecular weight is 466 g/mol. The maximum absolute atomic E-state index is 11.3. The lowest BCUT2D eigenvalue weighted by Gasteiger charge is -2.58. The highest BCUT2D eigenvalue weighted by molar-refractivity contribution is 5.85. The van der Waals surface area contributed by atoms with Gasteiger partial charge in [-0.1, -0.05) is 65.5 Å². The fraction of sp³-hybridized carbons (Fsp3) is 0.893. The second kappa shape index (κ2) is 9.88. The van der Waals surface area contributed by atoms with E-state index in [9.17, 15) is 4.79 Å². The predicted octanol–water partition coefficient (Wildman–Crippen LogP) is 7.91. The van der Waals surface area contributed by atoms with Gasteiger partial charge in [0.05, 0.1) is 0 Å². The van der Waals surface area contributed by atoms with Crippen molar-refractivity contribution >= 4 is 18.5 Å². The molecule has 4 aliphatic carbocycles. The highest BCUT2D eigenvalue weighted by atomic mass is 35.5. The van der Waals surface area contributed by atoms with Gasteiger partial charge < -0.3 is 10.5 Å². The van der Waals surface area contributed by atoms with Gasteiger partial charge in [0.1, 0.15) is 6.10 Å². The molecular weight excluding hydrogens is 418 g/mol. The number of amides is 1. The van der Waals surface area contributed by atoms with Gasteiger partial charge in [0.15, 0.2) is 0 Å². The van der Waals surface area contributed by atoms with Crippen molar-refractivity contribution in [3.8, 4) is 0 Å². The van der Waals surface area contributed by atoms with E-state index in [1.165, 1.54) is 51.4 Å². The van der Waals surface area contributed by atoms with Crippen LogP contribution >= 0.6 is 12.4 Å². The molecule has 0 saturated heterocycles. The van der Waals surface area contributed by atoms with Gasteiger partial charge in [-0.15, -0.1) is 12.4 Å². The Morgan fingerprint density at radius 1 is 1.09 bits per heavy atom. The Kier molecular flexibility index (Phi) is 8.00. The Bertz CT molecular complexity index is 706. The normalized spacial score (nSPS) is 41.6. The van der Waals surface area contributed by atoms with Gasteiger partial charge in [-0.25, -0.2) is 4.79 Å². The third kappa shape index (κ3) is 4.62. The van der Waals surface area contributed by atoms with Crippen molar-refractivity contribution in [3.63, 3.8) is 0 Å². The Balaban J connectivity index is 0.00000289. The van der Waals surface area contributed by atoms with E-state index in [0.717, 1.165) is 54.8 Å². The molecule has 0 bridgehead atoms. The summed E-state index contributed by atoms with van der Waals surface area (Å²) in [4.78, 5) is 11.3. The third-order valence-electron chi connectivity index (χ3n) is 10.5. The molecule has 0 heterocycles. The third-order valence-corrected chi connectivity index (χ3v) is 10.5. The summed E-state index contributed by atoms with van der Waals surface area (Å²) in [7, 11) is 0. The topological polar surface area (TPSA) is 52.3 Å². The molecule has 3 nitrogen and oxygen atoms in total. The number of fused-ring (bicyclic) bond motifs is 5. The number of carbonyl (C=O) groups is 1. The first-order valence-electron chi connectivity index (χ1n) is 13.3. The number of nitrogens with two attached hydrogens (primary N) is 1. The molecule has 3 saturated carbocycles. The van der Waals surface area contributed by atoms with Crippen molar-refractivity contribution in [2.75, 3.05) is 0 Å². The smallest absolute Gasteiger partial charge is 0.404 e. The molecule has 4 heteroatoms. The minimum atomic E-state index is -0.615. The summed E-state index contributed by atoms with van der Waals surface area (Å²) in [6, 6.07) is 0. The van der Waals surface area contributed by atoms with Crippen molar-refractivity contribution in [3.05, 3.63) is 11.6 Å². The van der Waals surface area contributed by atoms with E-state index < -0.39 is 6.09 Å². The Labute approximate surface area is 203 Å². The highest BCUT2D eigenvalue weighted by Crippen LogP contribution is 2.67. The van der Waals surface area contributed by atoms with E-state index in [2.05, 4.69) is 40.7 Å². The second-order valence-electron chi connectivity index (χ2n) is 12.6. The van der Waals surface area contributed by atoms with Gasteiger partial charge in [-0.05, 0) is 91.3 Å². The summed E-state index contributed by atoms with van der Waals surface area (Å²) >= 11 is 0. The molecule has 0 aliphatic heterocycles. The molecule has 0 aromatic heterocycles. The molecule has 8 atom stereocenters. The van der Waals surface area contributed by atoms with Gasteiger partial charge in [0, 0.05) is 6.42 Å². The van der Waals surface area contributed by atoms with Gasteiger partial charge >= 0.3 is 6.09 Å². The summed E-state index contributed by atoms with van der Waals surface area (Å²) in [5.74, 6) is 5.20. The molecule has 184 valence electrons. The molecule has 4 rings (SSSR count). The second-order valence-corrected chi connectivity index (χ2v) is 12.6.